The summed E-state index contributed by atoms with van der Waals surface area (Å²) in [4.78, 5) is 3.51. The van der Waals surface area contributed by atoms with Gasteiger partial charge in [-0.25, -0.2) is 11.0 Å². The van der Waals surface area contributed by atoms with Crippen LogP contribution in [0, 0.1) is 18.3 Å². The zero-order valence-electron chi connectivity index (χ0n) is 7.79. The van der Waals surface area contributed by atoms with E-state index in [1.165, 1.54) is 12.1 Å². The first kappa shape index (κ1) is 9.73. The third kappa shape index (κ3) is 2.29. The van der Waals surface area contributed by atoms with E-state index in [0.29, 0.717) is 0 Å². The number of benzene rings is 1. The molecule has 2 heteroatoms. The molecule has 0 fully saturated rings. The average Bonchev–Trinajstić information content (AvgIpc) is 2.09. The second-order valence-corrected chi connectivity index (χ2v) is 3.37. The summed E-state index contributed by atoms with van der Waals surface area (Å²) < 4.78 is 12.6. The highest BCUT2D eigenvalue weighted by atomic mass is 19.1. The van der Waals surface area contributed by atoms with Gasteiger partial charge < -0.3 is 4.85 Å². The van der Waals surface area contributed by atoms with Crippen LogP contribution in [0.4, 0.5) is 4.39 Å². The average molecular weight is 177 g/mol. The van der Waals surface area contributed by atoms with Gasteiger partial charge in [0.05, 0.1) is 0 Å². The van der Waals surface area contributed by atoms with Gasteiger partial charge in [-0.1, -0.05) is 13.8 Å². The lowest BCUT2D eigenvalue weighted by Gasteiger charge is -2.08. The van der Waals surface area contributed by atoms with E-state index in [-0.39, 0.29) is 17.8 Å². The molecule has 0 bridgehead atoms. The molecule has 1 atom stereocenters. The molecule has 68 valence electrons. The van der Waals surface area contributed by atoms with Crippen LogP contribution in [0.3, 0.4) is 0 Å². The molecule has 1 aromatic carbocycles. The Morgan fingerprint density at radius 3 is 2.15 bits per heavy atom. The molecular weight excluding hydrogens is 165 g/mol. The van der Waals surface area contributed by atoms with Gasteiger partial charge in [0.15, 0.2) is 0 Å². The van der Waals surface area contributed by atoms with Gasteiger partial charge in [0.2, 0.25) is 0 Å². The van der Waals surface area contributed by atoms with Crippen molar-refractivity contribution in [3.05, 3.63) is 47.1 Å². The molecule has 1 nitrogen and oxygen atoms in total. The van der Waals surface area contributed by atoms with Crippen LogP contribution in [0.25, 0.3) is 4.85 Å². The molecule has 1 unspecified atom stereocenters. The summed E-state index contributed by atoms with van der Waals surface area (Å²) in [6.45, 7) is 11.0. The molecule has 0 aromatic heterocycles. The van der Waals surface area contributed by atoms with Gasteiger partial charge in [-0.2, -0.15) is 0 Å². The zero-order chi connectivity index (χ0) is 9.84. The summed E-state index contributed by atoms with van der Waals surface area (Å²) >= 11 is 0. The van der Waals surface area contributed by atoms with Gasteiger partial charge >= 0.3 is 0 Å². The van der Waals surface area contributed by atoms with E-state index in [1.807, 2.05) is 13.8 Å². The second kappa shape index (κ2) is 4.04. The highest BCUT2D eigenvalue weighted by Gasteiger charge is 2.19. The fourth-order valence-electron chi connectivity index (χ4n) is 1.27. The summed E-state index contributed by atoms with van der Waals surface area (Å²) in [5, 5.41) is 0. The molecule has 0 aliphatic heterocycles. The van der Waals surface area contributed by atoms with E-state index in [0.717, 1.165) is 5.56 Å². The zero-order valence-corrected chi connectivity index (χ0v) is 7.79. The molecule has 0 saturated heterocycles. The smallest absolute Gasteiger partial charge is 0.250 e. The van der Waals surface area contributed by atoms with Crippen LogP contribution >= 0.6 is 0 Å². The summed E-state index contributed by atoms with van der Waals surface area (Å²) in [5.74, 6) is 0.0131. The minimum Gasteiger partial charge on any atom is -0.308 e. The maximum atomic E-state index is 12.6. The number of nitrogens with zero attached hydrogens (tertiary/aromatic N) is 1. The van der Waals surface area contributed by atoms with Crippen molar-refractivity contribution < 1.29 is 4.39 Å². The summed E-state index contributed by atoms with van der Waals surface area (Å²) in [6, 6.07) is 6.00. The second-order valence-electron chi connectivity index (χ2n) is 3.37. The summed E-state index contributed by atoms with van der Waals surface area (Å²) in [5.41, 5.74) is 0.895. The maximum Gasteiger partial charge on any atom is 0.250 e. The molecule has 1 rings (SSSR count). The SMILES string of the molecule is [C-]#[N+]C(c1ccc(F)cc1)C(C)C. The number of hydrogen-bond donors (Lipinski definition) is 0. The van der Waals surface area contributed by atoms with Crippen LogP contribution in [0.1, 0.15) is 25.5 Å². The standard InChI is InChI=1S/C11H12FN/c1-8(2)11(13-3)9-4-6-10(12)7-5-9/h4-8,11H,1-2H3. The monoisotopic (exact) mass is 177 g/mol. The van der Waals surface area contributed by atoms with Crippen molar-refractivity contribution in [2.75, 3.05) is 0 Å². The van der Waals surface area contributed by atoms with Crippen molar-refractivity contribution in [1.29, 1.82) is 0 Å². The number of rotatable bonds is 2. The van der Waals surface area contributed by atoms with Gasteiger partial charge in [-0.15, -0.1) is 0 Å². The first-order valence-corrected chi connectivity index (χ1v) is 4.27. The quantitative estimate of drug-likeness (QED) is 0.609. The van der Waals surface area contributed by atoms with E-state index in [9.17, 15) is 4.39 Å². The fourth-order valence-corrected chi connectivity index (χ4v) is 1.27. The van der Waals surface area contributed by atoms with Gasteiger partial charge in [0, 0.05) is 11.5 Å². The Bertz CT molecular complexity index is 308. The van der Waals surface area contributed by atoms with Crippen molar-refractivity contribution in [1.82, 2.24) is 0 Å². The Morgan fingerprint density at radius 2 is 1.77 bits per heavy atom. The van der Waals surface area contributed by atoms with Crippen LogP contribution in [-0.4, -0.2) is 0 Å². The summed E-state index contributed by atoms with van der Waals surface area (Å²) in [6.07, 6.45) is 0. The first-order chi connectivity index (χ1) is 6.15. The largest absolute Gasteiger partial charge is 0.308 e. The van der Waals surface area contributed by atoms with Gasteiger partial charge in [-0.05, 0) is 24.3 Å². The lowest BCUT2D eigenvalue weighted by atomic mass is 9.97. The molecule has 0 spiro atoms. The van der Waals surface area contributed by atoms with E-state index < -0.39 is 0 Å². The van der Waals surface area contributed by atoms with Crippen LogP contribution < -0.4 is 0 Å². The summed E-state index contributed by atoms with van der Waals surface area (Å²) in [7, 11) is 0. The molecule has 0 N–H and O–H groups in total. The van der Waals surface area contributed by atoms with Crippen LogP contribution in [0.15, 0.2) is 24.3 Å². The number of hydrogen-bond acceptors (Lipinski definition) is 0. The van der Waals surface area contributed by atoms with Gasteiger partial charge in [0.1, 0.15) is 5.82 Å². The van der Waals surface area contributed by atoms with Gasteiger partial charge in [-0.3, -0.25) is 0 Å². The molecule has 0 radical (unpaired) electrons. The van der Waals surface area contributed by atoms with Crippen LogP contribution in [0.2, 0.25) is 0 Å². The van der Waals surface area contributed by atoms with Crippen LogP contribution in [0.5, 0.6) is 0 Å². The predicted octanol–water partition coefficient (Wildman–Crippen LogP) is 3.44. The highest BCUT2D eigenvalue weighted by molar-refractivity contribution is 5.22. The predicted molar refractivity (Wildman–Crippen MR) is 50.6 cm³/mol. The third-order valence-corrected chi connectivity index (χ3v) is 1.98. The van der Waals surface area contributed by atoms with Crippen molar-refractivity contribution >= 4 is 0 Å². The van der Waals surface area contributed by atoms with Crippen molar-refractivity contribution in [3.8, 4) is 0 Å². The Balaban J connectivity index is 2.94. The van der Waals surface area contributed by atoms with Crippen molar-refractivity contribution in [2.24, 2.45) is 5.92 Å². The number of halogens is 1. The molecule has 0 saturated carbocycles. The van der Waals surface area contributed by atoms with Crippen molar-refractivity contribution in [2.45, 2.75) is 19.9 Å². The first-order valence-electron chi connectivity index (χ1n) is 4.27. The minimum absolute atomic E-state index is 0.152. The lowest BCUT2D eigenvalue weighted by molar-refractivity contribution is 0.571. The van der Waals surface area contributed by atoms with Crippen LogP contribution in [-0.2, 0) is 0 Å². The topological polar surface area (TPSA) is 4.36 Å². The third-order valence-electron chi connectivity index (χ3n) is 1.98. The Hall–Kier alpha value is -1.36. The normalized spacial score (nSPS) is 12.5. The Kier molecular flexibility index (Phi) is 3.02. The fraction of sp³-hybridized carbons (Fsp3) is 0.364. The Morgan fingerprint density at radius 1 is 1.23 bits per heavy atom. The molecular formula is C11H12FN. The molecule has 13 heavy (non-hydrogen) atoms. The van der Waals surface area contributed by atoms with E-state index in [4.69, 9.17) is 6.57 Å². The van der Waals surface area contributed by atoms with E-state index >= 15 is 0 Å². The van der Waals surface area contributed by atoms with E-state index in [1.54, 1.807) is 12.1 Å². The molecule has 0 aliphatic carbocycles. The lowest BCUT2D eigenvalue weighted by Crippen LogP contribution is -2.01. The molecule has 0 heterocycles. The maximum absolute atomic E-state index is 12.6. The molecule has 1 aromatic rings. The van der Waals surface area contributed by atoms with Crippen molar-refractivity contribution in [3.63, 3.8) is 0 Å². The Labute approximate surface area is 78.0 Å². The van der Waals surface area contributed by atoms with E-state index in [2.05, 4.69) is 4.85 Å². The van der Waals surface area contributed by atoms with Gasteiger partial charge in [0.25, 0.3) is 6.04 Å². The minimum atomic E-state index is -0.253. The molecule has 0 amide bonds. The highest BCUT2D eigenvalue weighted by Crippen LogP contribution is 2.25. The molecule has 0 aliphatic rings.